The molecule has 216 valence electrons. The number of amides is 2. The normalized spacial score (nSPS) is 11.7. The number of unbranched alkanes of at least 4 members (excludes halogenated alkanes) is 13. The molecule has 0 fully saturated rings. The standard InChI is InChI=1S/C27H50N2O8/c30-20-22-37-21-19-28-24(31)18-17-23(27(35)36)29-25(32)15-13-11-9-7-5-3-1-2-4-6-8-10-12-14-16-26(33)34/h23,30H,1-22H2,(H,28,31)(H,29,32)(H,33,34)(H,35,36). The molecule has 10 nitrogen and oxygen atoms in total. The van der Waals surface area contributed by atoms with Gasteiger partial charge in [0.05, 0.1) is 19.8 Å². The maximum absolute atomic E-state index is 12.1. The number of carboxylic acid groups (broad SMARTS) is 2. The smallest absolute Gasteiger partial charge is 0.326 e. The maximum atomic E-state index is 12.1. The van der Waals surface area contributed by atoms with Crippen LogP contribution < -0.4 is 10.6 Å². The Hall–Kier alpha value is -2.20. The number of carbonyl (C=O) groups is 4. The highest BCUT2D eigenvalue weighted by atomic mass is 16.5. The molecular weight excluding hydrogens is 480 g/mol. The lowest BCUT2D eigenvalue weighted by Crippen LogP contribution is -2.41. The Labute approximate surface area is 221 Å². The second-order valence-electron chi connectivity index (χ2n) is 9.53. The summed E-state index contributed by atoms with van der Waals surface area (Å²) in [6, 6.07) is -1.08. The zero-order valence-electron chi connectivity index (χ0n) is 22.5. The molecule has 0 aromatic rings. The molecule has 0 aliphatic rings. The monoisotopic (exact) mass is 530 g/mol. The van der Waals surface area contributed by atoms with Crippen molar-refractivity contribution < 1.29 is 39.2 Å². The van der Waals surface area contributed by atoms with E-state index in [0.717, 1.165) is 44.9 Å². The molecule has 0 heterocycles. The van der Waals surface area contributed by atoms with Crippen molar-refractivity contribution in [1.82, 2.24) is 10.6 Å². The van der Waals surface area contributed by atoms with Crippen molar-refractivity contribution in [3.63, 3.8) is 0 Å². The first-order chi connectivity index (χ1) is 17.9. The van der Waals surface area contributed by atoms with Crippen LogP contribution in [0.5, 0.6) is 0 Å². The summed E-state index contributed by atoms with van der Waals surface area (Å²) in [7, 11) is 0. The lowest BCUT2D eigenvalue weighted by atomic mass is 10.0. The number of carboxylic acids is 2. The molecule has 0 saturated heterocycles. The lowest BCUT2D eigenvalue weighted by molar-refractivity contribution is -0.142. The van der Waals surface area contributed by atoms with E-state index in [4.69, 9.17) is 14.9 Å². The summed E-state index contributed by atoms with van der Waals surface area (Å²) in [6.45, 7) is 0.661. The zero-order chi connectivity index (χ0) is 27.6. The second kappa shape index (κ2) is 25.4. The van der Waals surface area contributed by atoms with E-state index in [2.05, 4.69) is 10.6 Å². The van der Waals surface area contributed by atoms with E-state index < -0.39 is 18.0 Å². The predicted octanol–water partition coefficient (Wildman–Crippen LogP) is 3.79. The van der Waals surface area contributed by atoms with Crippen molar-refractivity contribution >= 4 is 23.8 Å². The minimum absolute atomic E-state index is 0.00809. The first-order valence-corrected chi connectivity index (χ1v) is 14.1. The van der Waals surface area contributed by atoms with Crippen molar-refractivity contribution in [1.29, 1.82) is 0 Å². The lowest BCUT2D eigenvalue weighted by Gasteiger charge is -2.14. The van der Waals surface area contributed by atoms with Gasteiger partial charge in [0.2, 0.25) is 11.8 Å². The molecule has 10 heteroatoms. The van der Waals surface area contributed by atoms with Gasteiger partial charge in [-0.3, -0.25) is 14.4 Å². The van der Waals surface area contributed by atoms with Crippen LogP contribution in [-0.4, -0.2) is 71.5 Å². The van der Waals surface area contributed by atoms with E-state index in [-0.39, 0.29) is 63.9 Å². The third-order valence-corrected chi connectivity index (χ3v) is 6.14. The molecule has 1 unspecified atom stereocenters. The number of rotatable bonds is 27. The van der Waals surface area contributed by atoms with Gasteiger partial charge in [0.15, 0.2) is 0 Å². The van der Waals surface area contributed by atoms with Gasteiger partial charge in [-0.25, -0.2) is 4.79 Å². The maximum Gasteiger partial charge on any atom is 0.326 e. The molecule has 0 aliphatic heterocycles. The minimum atomic E-state index is -1.15. The molecule has 0 rings (SSSR count). The van der Waals surface area contributed by atoms with E-state index in [1.165, 1.54) is 44.9 Å². The van der Waals surface area contributed by atoms with Crippen molar-refractivity contribution in [3.05, 3.63) is 0 Å². The number of hydrogen-bond donors (Lipinski definition) is 5. The molecule has 1 atom stereocenters. The largest absolute Gasteiger partial charge is 0.481 e. The number of ether oxygens (including phenoxy) is 1. The van der Waals surface area contributed by atoms with Gasteiger partial charge >= 0.3 is 11.9 Å². The van der Waals surface area contributed by atoms with Gasteiger partial charge in [-0.05, 0) is 19.3 Å². The van der Waals surface area contributed by atoms with Gasteiger partial charge in [-0.15, -0.1) is 0 Å². The molecule has 0 bridgehead atoms. The quantitative estimate of drug-likeness (QED) is 0.100. The van der Waals surface area contributed by atoms with Crippen LogP contribution in [-0.2, 0) is 23.9 Å². The Morgan fingerprint density at radius 1 is 0.622 bits per heavy atom. The van der Waals surface area contributed by atoms with Crippen LogP contribution in [0.3, 0.4) is 0 Å². The average Bonchev–Trinajstić information content (AvgIpc) is 2.85. The van der Waals surface area contributed by atoms with E-state index in [9.17, 15) is 24.3 Å². The Balaban J connectivity index is 3.62. The first kappa shape index (κ1) is 34.8. The number of nitrogens with one attached hydrogen (secondary N) is 2. The summed E-state index contributed by atoms with van der Waals surface area (Å²) in [5.41, 5.74) is 0. The molecule has 0 saturated carbocycles. The summed E-state index contributed by atoms with van der Waals surface area (Å²) in [6.07, 6.45) is 16.0. The number of carbonyl (C=O) groups excluding carboxylic acids is 2. The van der Waals surface area contributed by atoms with Gasteiger partial charge in [0.25, 0.3) is 0 Å². The van der Waals surface area contributed by atoms with E-state index in [1.807, 2.05) is 0 Å². The van der Waals surface area contributed by atoms with Crippen molar-refractivity contribution in [3.8, 4) is 0 Å². The van der Waals surface area contributed by atoms with Gasteiger partial charge in [0, 0.05) is 25.8 Å². The van der Waals surface area contributed by atoms with Crippen molar-refractivity contribution in [2.45, 2.75) is 122 Å². The number of aliphatic hydroxyl groups excluding tert-OH is 1. The Morgan fingerprint density at radius 3 is 1.57 bits per heavy atom. The molecule has 0 aromatic carbocycles. The second-order valence-corrected chi connectivity index (χ2v) is 9.53. The molecule has 0 spiro atoms. The highest BCUT2D eigenvalue weighted by molar-refractivity contribution is 5.84. The highest BCUT2D eigenvalue weighted by Crippen LogP contribution is 2.14. The fourth-order valence-corrected chi connectivity index (χ4v) is 4.00. The minimum Gasteiger partial charge on any atom is -0.481 e. The van der Waals surface area contributed by atoms with Crippen molar-refractivity contribution in [2.75, 3.05) is 26.4 Å². The molecule has 5 N–H and O–H groups in total. The Kier molecular flexibility index (Phi) is 23.9. The zero-order valence-corrected chi connectivity index (χ0v) is 22.5. The third-order valence-electron chi connectivity index (χ3n) is 6.14. The summed E-state index contributed by atoms with van der Waals surface area (Å²) in [5.74, 6) is -2.46. The topological polar surface area (TPSA) is 162 Å². The van der Waals surface area contributed by atoms with E-state index >= 15 is 0 Å². The molecule has 2 amide bonds. The average molecular weight is 531 g/mol. The Bertz CT molecular complexity index is 615. The van der Waals surface area contributed by atoms with Gasteiger partial charge < -0.3 is 30.7 Å². The third kappa shape index (κ3) is 25.2. The van der Waals surface area contributed by atoms with Crippen LogP contribution in [0.25, 0.3) is 0 Å². The van der Waals surface area contributed by atoms with Crippen LogP contribution in [0.2, 0.25) is 0 Å². The summed E-state index contributed by atoms with van der Waals surface area (Å²) < 4.78 is 5.03. The number of aliphatic hydroxyl groups is 1. The first-order valence-electron chi connectivity index (χ1n) is 14.1. The summed E-state index contributed by atoms with van der Waals surface area (Å²) >= 11 is 0. The fraction of sp³-hybridized carbons (Fsp3) is 0.852. The predicted molar refractivity (Wildman–Crippen MR) is 141 cm³/mol. The van der Waals surface area contributed by atoms with Crippen LogP contribution >= 0.6 is 0 Å². The van der Waals surface area contributed by atoms with E-state index in [1.54, 1.807) is 0 Å². The highest BCUT2D eigenvalue weighted by Gasteiger charge is 2.20. The van der Waals surface area contributed by atoms with Crippen LogP contribution in [0.1, 0.15) is 116 Å². The van der Waals surface area contributed by atoms with Crippen LogP contribution in [0.15, 0.2) is 0 Å². The van der Waals surface area contributed by atoms with Crippen molar-refractivity contribution in [2.24, 2.45) is 0 Å². The van der Waals surface area contributed by atoms with Gasteiger partial charge in [-0.2, -0.15) is 0 Å². The molecule has 37 heavy (non-hydrogen) atoms. The van der Waals surface area contributed by atoms with Gasteiger partial charge in [-0.1, -0.05) is 77.0 Å². The summed E-state index contributed by atoms with van der Waals surface area (Å²) in [4.78, 5) is 45.7. The van der Waals surface area contributed by atoms with E-state index in [0.29, 0.717) is 0 Å². The van der Waals surface area contributed by atoms with Gasteiger partial charge in [0.1, 0.15) is 6.04 Å². The fourth-order valence-electron chi connectivity index (χ4n) is 4.00. The number of hydrogen-bond acceptors (Lipinski definition) is 6. The van der Waals surface area contributed by atoms with Crippen LogP contribution in [0.4, 0.5) is 0 Å². The molecular formula is C27H50N2O8. The van der Waals surface area contributed by atoms with Crippen LogP contribution in [0, 0.1) is 0 Å². The summed E-state index contributed by atoms with van der Waals surface area (Å²) in [5, 5.41) is 31.6. The Morgan fingerprint density at radius 2 is 1.11 bits per heavy atom. The number of aliphatic carboxylic acids is 2. The molecule has 0 radical (unpaired) electrons. The molecule has 0 aliphatic carbocycles. The SMILES string of the molecule is O=C(O)CCCCCCCCCCCCCCCCC(=O)NC(CCC(=O)NCCOCCO)C(=O)O. The molecule has 0 aromatic heterocycles.